The number of fused-ring (bicyclic) bond motifs is 1. The highest BCUT2D eigenvalue weighted by Crippen LogP contribution is 2.41. The molecule has 1 amide bonds. The second-order valence-corrected chi connectivity index (χ2v) is 9.37. The van der Waals surface area contributed by atoms with Gasteiger partial charge >= 0.3 is 0 Å². The van der Waals surface area contributed by atoms with Crippen LogP contribution >= 0.6 is 27.3 Å². The molecule has 0 aliphatic heterocycles. The summed E-state index contributed by atoms with van der Waals surface area (Å²) in [6.07, 6.45) is 5.95. The van der Waals surface area contributed by atoms with Crippen LogP contribution in [-0.2, 0) is 12.8 Å². The van der Waals surface area contributed by atoms with Gasteiger partial charge in [0, 0.05) is 16.8 Å². The lowest BCUT2D eigenvalue weighted by molar-refractivity contribution is 0.102. The molecule has 0 fully saturated rings. The molecule has 0 radical (unpaired) electrons. The summed E-state index contributed by atoms with van der Waals surface area (Å²) in [6.45, 7) is 2.48. The number of rotatable bonds is 7. The summed E-state index contributed by atoms with van der Waals surface area (Å²) >= 11 is 5.18. The summed E-state index contributed by atoms with van der Waals surface area (Å²) in [5, 5.41) is 3.78. The van der Waals surface area contributed by atoms with Crippen LogP contribution in [0.2, 0.25) is 0 Å². The molecule has 0 saturated heterocycles. The van der Waals surface area contributed by atoms with Gasteiger partial charge in [-0.2, -0.15) is 0 Å². The van der Waals surface area contributed by atoms with Crippen LogP contribution in [0.5, 0.6) is 11.5 Å². The molecule has 3 aromatic rings. The van der Waals surface area contributed by atoms with Gasteiger partial charge in [-0.3, -0.25) is 4.79 Å². The van der Waals surface area contributed by atoms with Gasteiger partial charge in [-0.25, -0.2) is 4.99 Å². The van der Waals surface area contributed by atoms with Crippen molar-refractivity contribution in [2.24, 2.45) is 4.99 Å². The first kappa shape index (κ1) is 22.6. The van der Waals surface area contributed by atoms with Gasteiger partial charge in [-0.1, -0.05) is 18.2 Å². The van der Waals surface area contributed by atoms with Gasteiger partial charge in [0.25, 0.3) is 5.91 Å². The number of aryl methyl sites for hydroxylation is 1. The van der Waals surface area contributed by atoms with Crippen molar-refractivity contribution in [3.8, 4) is 11.5 Å². The number of carbonyl (C=O) groups is 1. The molecule has 0 unspecified atom stereocenters. The lowest BCUT2D eigenvalue weighted by Crippen LogP contribution is -2.14. The third-order valence-electron chi connectivity index (χ3n) is 5.28. The smallest absolute Gasteiger partial charge is 0.259 e. The summed E-state index contributed by atoms with van der Waals surface area (Å²) < 4.78 is 12.0. The molecule has 1 N–H and O–H groups in total. The summed E-state index contributed by atoms with van der Waals surface area (Å²) in [6, 6.07) is 13.4. The molecule has 1 aliphatic carbocycles. The molecule has 32 heavy (non-hydrogen) atoms. The van der Waals surface area contributed by atoms with E-state index in [1.807, 2.05) is 49.4 Å². The first-order valence-corrected chi connectivity index (χ1v) is 12.3. The van der Waals surface area contributed by atoms with E-state index >= 15 is 0 Å². The number of anilines is 1. The van der Waals surface area contributed by atoms with Crippen molar-refractivity contribution in [2.75, 3.05) is 19.0 Å². The van der Waals surface area contributed by atoms with E-state index in [0.29, 0.717) is 23.7 Å². The van der Waals surface area contributed by atoms with Crippen molar-refractivity contribution < 1.29 is 14.3 Å². The predicted octanol–water partition coefficient (Wildman–Crippen LogP) is 6.80. The molecule has 2 aromatic carbocycles. The number of para-hydroxylation sites is 1. The third-order valence-corrected chi connectivity index (χ3v) is 7.07. The molecule has 0 bridgehead atoms. The number of ether oxygens (including phenoxy) is 2. The number of amides is 1. The van der Waals surface area contributed by atoms with Crippen LogP contribution in [0.15, 0.2) is 51.9 Å². The molecule has 1 heterocycles. The Labute approximate surface area is 200 Å². The quantitative estimate of drug-likeness (QED) is 0.354. The second kappa shape index (κ2) is 10.3. The van der Waals surface area contributed by atoms with Crippen LogP contribution in [0.1, 0.15) is 46.1 Å². The van der Waals surface area contributed by atoms with Gasteiger partial charge in [0.15, 0.2) is 11.5 Å². The Morgan fingerprint density at radius 1 is 1.22 bits per heavy atom. The normalized spacial score (nSPS) is 13.1. The largest absolute Gasteiger partial charge is 0.493 e. The zero-order valence-electron chi connectivity index (χ0n) is 18.1. The molecular weight excluding hydrogens is 488 g/mol. The number of carbonyl (C=O) groups excluding carboxylic acids is 1. The maximum atomic E-state index is 13.2. The number of aliphatic imine (C=N–C) groups is 1. The van der Waals surface area contributed by atoms with Crippen molar-refractivity contribution >= 4 is 50.1 Å². The first-order chi connectivity index (χ1) is 15.6. The van der Waals surface area contributed by atoms with Crippen molar-refractivity contribution in [3.63, 3.8) is 0 Å². The average molecular weight is 513 g/mol. The highest BCUT2D eigenvalue weighted by Gasteiger charge is 2.25. The summed E-state index contributed by atoms with van der Waals surface area (Å²) in [5.41, 5.74) is 3.48. The third kappa shape index (κ3) is 4.89. The van der Waals surface area contributed by atoms with E-state index in [-0.39, 0.29) is 5.91 Å². The first-order valence-electron chi connectivity index (χ1n) is 10.7. The fourth-order valence-corrected chi connectivity index (χ4v) is 5.63. The van der Waals surface area contributed by atoms with Gasteiger partial charge in [-0.05, 0) is 83.9 Å². The number of benzene rings is 2. The Hall–Kier alpha value is -2.64. The number of thiophene rings is 1. The van der Waals surface area contributed by atoms with Crippen molar-refractivity contribution in [3.05, 3.63) is 68.5 Å². The van der Waals surface area contributed by atoms with Crippen LogP contribution in [0.25, 0.3) is 0 Å². The van der Waals surface area contributed by atoms with E-state index < -0.39 is 0 Å². The number of hydrogen-bond acceptors (Lipinski definition) is 5. The van der Waals surface area contributed by atoms with E-state index in [2.05, 4.69) is 21.2 Å². The Morgan fingerprint density at radius 2 is 2.00 bits per heavy atom. The Bertz CT molecular complexity index is 1140. The minimum Gasteiger partial charge on any atom is -0.493 e. The lowest BCUT2D eigenvalue weighted by atomic mass is 9.95. The number of hydrogen-bond donors (Lipinski definition) is 1. The molecule has 1 aliphatic rings. The molecule has 5 nitrogen and oxygen atoms in total. The fourth-order valence-electron chi connectivity index (χ4n) is 3.82. The van der Waals surface area contributed by atoms with Gasteiger partial charge in [-0.15, -0.1) is 11.3 Å². The molecule has 0 atom stereocenters. The number of nitrogens with zero attached hydrogens (tertiary/aromatic N) is 1. The Kier molecular flexibility index (Phi) is 7.27. The van der Waals surface area contributed by atoms with E-state index in [9.17, 15) is 4.79 Å². The topological polar surface area (TPSA) is 59.9 Å². The summed E-state index contributed by atoms with van der Waals surface area (Å²) in [7, 11) is 1.62. The molecule has 166 valence electrons. The molecule has 4 rings (SSSR count). The molecule has 7 heteroatoms. The minimum atomic E-state index is -0.104. The molecule has 1 aromatic heterocycles. The van der Waals surface area contributed by atoms with E-state index in [1.54, 1.807) is 24.7 Å². The minimum absolute atomic E-state index is 0.104. The SMILES string of the molecule is CCOc1c(Br)cc(C=Nc2sc3c(c2C(=O)Nc2ccccc2)CCCC3)cc1OC. The van der Waals surface area contributed by atoms with Gasteiger partial charge in [0.2, 0.25) is 0 Å². The summed E-state index contributed by atoms with van der Waals surface area (Å²) in [5.74, 6) is 1.20. The highest BCUT2D eigenvalue weighted by molar-refractivity contribution is 9.10. The number of nitrogens with one attached hydrogen (secondary N) is 1. The van der Waals surface area contributed by atoms with Crippen LogP contribution in [0, 0.1) is 0 Å². The Balaban J connectivity index is 1.68. The van der Waals surface area contributed by atoms with Crippen LogP contribution in [0.3, 0.4) is 0 Å². The van der Waals surface area contributed by atoms with Crippen molar-refractivity contribution in [1.82, 2.24) is 0 Å². The molecule has 0 saturated carbocycles. The fraction of sp³-hybridized carbons (Fsp3) is 0.280. The van der Waals surface area contributed by atoms with Gasteiger partial charge in [0.05, 0.1) is 23.8 Å². The highest BCUT2D eigenvalue weighted by atomic mass is 79.9. The maximum absolute atomic E-state index is 13.2. The molecule has 0 spiro atoms. The monoisotopic (exact) mass is 512 g/mol. The Morgan fingerprint density at radius 3 is 2.75 bits per heavy atom. The average Bonchev–Trinajstić information content (AvgIpc) is 3.18. The second-order valence-electron chi connectivity index (χ2n) is 7.44. The van der Waals surface area contributed by atoms with Gasteiger partial charge in [0.1, 0.15) is 5.00 Å². The number of methoxy groups -OCH3 is 1. The molecular formula is C25H25BrN2O3S. The van der Waals surface area contributed by atoms with Crippen LogP contribution in [0.4, 0.5) is 10.7 Å². The van der Waals surface area contributed by atoms with Crippen molar-refractivity contribution in [2.45, 2.75) is 32.6 Å². The predicted molar refractivity (Wildman–Crippen MR) is 134 cm³/mol. The summed E-state index contributed by atoms with van der Waals surface area (Å²) in [4.78, 5) is 19.3. The lowest BCUT2D eigenvalue weighted by Gasteiger charge is -2.13. The zero-order valence-corrected chi connectivity index (χ0v) is 20.5. The standard InChI is InChI=1S/C25H25BrN2O3S/c1-3-31-23-19(26)13-16(14-20(23)30-2)15-27-25-22(18-11-7-8-12-21(18)32-25)24(29)28-17-9-5-4-6-10-17/h4-6,9-10,13-15H,3,7-8,11-12H2,1-2H3,(H,28,29). The zero-order chi connectivity index (χ0) is 22.5. The number of halogens is 1. The maximum Gasteiger partial charge on any atom is 0.259 e. The van der Waals surface area contributed by atoms with E-state index in [1.165, 1.54) is 4.88 Å². The van der Waals surface area contributed by atoms with E-state index in [0.717, 1.165) is 52.0 Å². The van der Waals surface area contributed by atoms with Gasteiger partial charge < -0.3 is 14.8 Å². The van der Waals surface area contributed by atoms with Crippen LogP contribution < -0.4 is 14.8 Å². The van der Waals surface area contributed by atoms with Crippen molar-refractivity contribution in [1.29, 1.82) is 0 Å². The van der Waals surface area contributed by atoms with Crippen LogP contribution in [-0.4, -0.2) is 25.8 Å². The van der Waals surface area contributed by atoms with E-state index in [4.69, 9.17) is 14.5 Å².